The van der Waals surface area contributed by atoms with E-state index in [9.17, 15) is 0 Å². The second kappa shape index (κ2) is 27.7. The van der Waals surface area contributed by atoms with Crippen LogP contribution < -0.4 is 5.73 Å². The lowest BCUT2D eigenvalue weighted by atomic mass is 9.64. The van der Waals surface area contributed by atoms with Crippen molar-refractivity contribution >= 4 is 0 Å². The molecule has 0 aromatic heterocycles. The summed E-state index contributed by atoms with van der Waals surface area (Å²) < 4.78 is 0. The van der Waals surface area contributed by atoms with E-state index >= 15 is 0 Å². The van der Waals surface area contributed by atoms with Crippen molar-refractivity contribution in [2.24, 2.45) is 28.9 Å². The van der Waals surface area contributed by atoms with Crippen molar-refractivity contribution in [1.82, 2.24) is 0 Å². The molecule has 0 amide bonds. The molecule has 312 valence electrons. The second-order valence-electron chi connectivity index (χ2n) is 17.8. The van der Waals surface area contributed by atoms with Crippen molar-refractivity contribution < 1.29 is 0 Å². The summed E-state index contributed by atoms with van der Waals surface area (Å²) in [5.41, 5.74) is 16.3. The van der Waals surface area contributed by atoms with Gasteiger partial charge in [0.15, 0.2) is 0 Å². The molecule has 3 atom stereocenters. The van der Waals surface area contributed by atoms with Crippen LogP contribution >= 0.6 is 0 Å². The first-order chi connectivity index (χ1) is 27.0. The van der Waals surface area contributed by atoms with Crippen molar-refractivity contribution in [3.8, 4) is 0 Å². The van der Waals surface area contributed by atoms with Gasteiger partial charge in [-0.15, -0.1) is 0 Å². The topological polar surface area (TPSA) is 26.0 Å². The van der Waals surface area contributed by atoms with Crippen molar-refractivity contribution in [2.45, 2.75) is 183 Å². The summed E-state index contributed by atoms with van der Waals surface area (Å²) in [6.45, 7) is 29.4. The summed E-state index contributed by atoms with van der Waals surface area (Å²) in [4.78, 5) is 0. The minimum Gasteiger partial charge on any atom is -0.333 e. The van der Waals surface area contributed by atoms with Gasteiger partial charge in [-0.3, -0.25) is 0 Å². The number of benzene rings is 1. The summed E-state index contributed by atoms with van der Waals surface area (Å²) in [5.74, 6) is 2.96. The lowest BCUT2D eigenvalue weighted by molar-refractivity contribution is 0.190. The molecular formula is C55H87N. The van der Waals surface area contributed by atoms with E-state index in [0.717, 1.165) is 49.0 Å². The van der Waals surface area contributed by atoms with Crippen LogP contribution in [0.25, 0.3) is 0 Å². The van der Waals surface area contributed by atoms with Gasteiger partial charge in [0.05, 0.1) is 0 Å². The van der Waals surface area contributed by atoms with Gasteiger partial charge in [-0.05, 0) is 167 Å². The smallest absolute Gasteiger partial charge is 0.00883 e. The molecule has 0 bridgehead atoms. The molecule has 1 fully saturated rings. The van der Waals surface area contributed by atoms with Gasteiger partial charge in [0.1, 0.15) is 0 Å². The minimum absolute atomic E-state index is 0.461. The summed E-state index contributed by atoms with van der Waals surface area (Å²) >= 11 is 0. The Bertz CT molecular complexity index is 1460. The van der Waals surface area contributed by atoms with E-state index in [0.29, 0.717) is 11.3 Å². The molecule has 1 saturated carbocycles. The Morgan fingerprint density at radius 3 is 2.16 bits per heavy atom. The Morgan fingerprint density at radius 2 is 1.54 bits per heavy atom. The van der Waals surface area contributed by atoms with E-state index < -0.39 is 0 Å². The molecule has 3 aliphatic rings. The SMILES string of the molecule is C=C(/C=C/C(=C)C1=CCCC=C1)CCCC(CCC)c1cccc(CC)c1.C=C(CCCC(CCC)C1=CCC(C)C(C)=C1)C1(CC(C)C)CCCCC1.CN. The molecule has 1 heteroatoms. The van der Waals surface area contributed by atoms with E-state index in [1.165, 1.54) is 132 Å². The fourth-order valence-electron chi connectivity index (χ4n) is 9.33. The highest BCUT2D eigenvalue weighted by Gasteiger charge is 2.35. The summed E-state index contributed by atoms with van der Waals surface area (Å²) in [5, 5.41) is 0. The molecule has 1 aromatic rings. The van der Waals surface area contributed by atoms with Gasteiger partial charge in [0.25, 0.3) is 0 Å². The van der Waals surface area contributed by atoms with Gasteiger partial charge >= 0.3 is 0 Å². The molecule has 3 unspecified atom stereocenters. The molecule has 0 radical (unpaired) electrons. The van der Waals surface area contributed by atoms with Crippen LogP contribution in [0.2, 0.25) is 0 Å². The number of allylic oxidation sites excluding steroid dienone is 13. The average molecular weight is 762 g/mol. The van der Waals surface area contributed by atoms with Gasteiger partial charge in [0.2, 0.25) is 0 Å². The van der Waals surface area contributed by atoms with Crippen LogP contribution in [0.4, 0.5) is 0 Å². The number of aryl methyl sites for hydroxylation is 1. The molecule has 1 nitrogen and oxygen atoms in total. The third-order valence-electron chi connectivity index (χ3n) is 12.8. The molecule has 3 aliphatic carbocycles. The third kappa shape index (κ3) is 17.3. The van der Waals surface area contributed by atoms with Crippen LogP contribution in [-0.2, 0) is 6.42 Å². The third-order valence-corrected chi connectivity index (χ3v) is 12.8. The molecule has 0 heterocycles. The zero-order valence-corrected chi connectivity index (χ0v) is 38.0. The highest BCUT2D eigenvalue weighted by Crippen LogP contribution is 2.48. The normalized spacial score (nSPS) is 18.8. The zero-order valence-electron chi connectivity index (χ0n) is 38.0. The number of nitrogens with two attached hydrogens (primary N) is 1. The van der Waals surface area contributed by atoms with Crippen molar-refractivity contribution in [1.29, 1.82) is 0 Å². The Morgan fingerprint density at radius 1 is 0.857 bits per heavy atom. The first-order valence-corrected chi connectivity index (χ1v) is 23.2. The van der Waals surface area contributed by atoms with E-state index in [1.54, 1.807) is 16.7 Å². The Kier molecular flexibility index (Phi) is 24.3. The van der Waals surface area contributed by atoms with Gasteiger partial charge < -0.3 is 5.73 Å². The van der Waals surface area contributed by atoms with Crippen molar-refractivity contribution in [3.05, 3.63) is 131 Å². The molecule has 1 aromatic carbocycles. The van der Waals surface area contributed by atoms with E-state index in [2.05, 4.69) is 141 Å². The molecule has 0 spiro atoms. The average Bonchev–Trinajstić information content (AvgIpc) is 3.21. The maximum absolute atomic E-state index is 4.65. The summed E-state index contributed by atoms with van der Waals surface area (Å²) in [6, 6.07) is 9.18. The van der Waals surface area contributed by atoms with Crippen LogP contribution in [0.5, 0.6) is 0 Å². The van der Waals surface area contributed by atoms with Crippen molar-refractivity contribution in [2.75, 3.05) is 7.05 Å². The standard InChI is InChI=1S/C27H46.C27H36.CH5N/c1-7-12-25(26-16-15-22(4)23(5)19-26)14-11-13-24(6)27(20-21(2)3)17-9-8-10-18-27;1-5-12-26(27-18-11-14-24(6-2)21-27)17-10-13-22(3)19-20-23(4)25-15-8-7-9-16-25;1-2/h16,19,21-22,25H,6-15,17-18,20H2,1-5H3;8,11,14-16,18-21,26H,3-7,9-10,12-13,17H2,1-2H3;2H2,1H3/b;20-19+;. The summed E-state index contributed by atoms with van der Waals surface area (Å²) in [6.07, 6.45) is 41.6. The number of hydrogen-bond acceptors (Lipinski definition) is 1. The molecule has 0 saturated heterocycles. The highest BCUT2D eigenvalue weighted by atomic mass is 14.4. The maximum Gasteiger partial charge on any atom is -0.00883 e. The maximum atomic E-state index is 4.65. The lowest BCUT2D eigenvalue weighted by Crippen LogP contribution is -2.28. The molecular weight excluding hydrogens is 675 g/mol. The zero-order chi connectivity index (χ0) is 41.3. The first-order valence-electron chi connectivity index (χ1n) is 23.2. The fraction of sp³-hybridized carbons (Fsp3) is 0.600. The first kappa shape index (κ1) is 49.2. The van der Waals surface area contributed by atoms with E-state index in [-0.39, 0.29) is 0 Å². The molecule has 2 N–H and O–H groups in total. The number of hydrogen-bond donors (Lipinski definition) is 1. The number of rotatable bonds is 21. The highest BCUT2D eigenvalue weighted by molar-refractivity contribution is 5.47. The Labute approximate surface area is 348 Å². The van der Waals surface area contributed by atoms with Crippen LogP contribution in [0.3, 0.4) is 0 Å². The lowest BCUT2D eigenvalue weighted by Gasteiger charge is -2.41. The van der Waals surface area contributed by atoms with E-state index in [1.807, 2.05) is 0 Å². The van der Waals surface area contributed by atoms with Gasteiger partial charge in [-0.2, -0.15) is 0 Å². The summed E-state index contributed by atoms with van der Waals surface area (Å²) in [7, 11) is 1.50. The predicted molar refractivity (Wildman–Crippen MR) is 253 cm³/mol. The second-order valence-corrected chi connectivity index (χ2v) is 17.8. The van der Waals surface area contributed by atoms with Crippen LogP contribution in [0.15, 0.2) is 120 Å². The Hall–Kier alpha value is -2.90. The van der Waals surface area contributed by atoms with Gasteiger partial charge in [-0.25, -0.2) is 0 Å². The van der Waals surface area contributed by atoms with Gasteiger partial charge in [0, 0.05) is 0 Å². The minimum atomic E-state index is 0.461. The molecule has 4 rings (SSSR count). The van der Waals surface area contributed by atoms with Crippen LogP contribution in [0, 0.1) is 23.2 Å². The molecule has 56 heavy (non-hydrogen) atoms. The monoisotopic (exact) mass is 762 g/mol. The Balaban J connectivity index is 0.000000370. The van der Waals surface area contributed by atoms with Crippen LogP contribution in [0.1, 0.15) is 188 Å². The predicted octanol–water partition coefficient (Wildman–Crippen LogP) is 16.9. The van der Waals surface area contributed by atoms with E-state index in [4.69, 9.17) is 0 Å². The van der Waals surface area contributed by atoms with Crippen molar-refractivity contribution in [3.63, 3.8) is 0 Å². The molecule has 0 aliphatic heterocycles. The van der Waals surface area contributed by atoms with Crippen LogP contribution in [-0.4, -0.2) is 7.05 Å². The largest absolute Gasteiger partial charge is 0.333 e. The van der Waals surface area contributed by atoms with Gasteiger partial charge in [-0.1, -0.05) is 177 Å². The fourth-order valence-corrected chi connectivity index (χ4v) is 9.33. The quantitative estimate of drug-likeness (QED) is 0.0980.